The fourth-order valence-electron chi connectivity index (χ4n) is 5.34. The molecule has 1 unspecified atom stereocenters. The van der Waals surface area contributed by atoms with E-state index in [4.69, 9.17) is 32.6 Å². The second-order valence-corrected chi connectivity index (χ2v) is 21.3. The lowest BCUT2D eigenvalue weighted by molar-refractivity contribution is -0.105. The minimum absolute atomic E-state index is 0.0845. The summed E-state index contributed by atoms with van der Waals surface area (Å²) in [5.41, 5.74) is 0.168. The molecule has 1 aromatic carbocycles. The zero-order chi connectivity index (χ0) is 35.7. The summed E-state index contributed by atoms with van der Waals surface area (Å²) in [4.78, 5) is 27.4. The van der Waals surface area contributed by atoms with Crippen molar-refractivity contribution in [1.29, 1.82) is 0 Å². The fraction of sp³-hybridized carbons (Fsp3) is 0.706. The van der Waals surface area contributed by atoms with E-state index in [1.807, 2.05) is 37.3 Å². The Kier molecular flexibility index (Phi) is 15.0. The number of hydrogen-bond acceptors (Lipinski definition) is 10. The maximum absolute atomic E-state index is 14.1. The van der Waals surface area contributed by atoms with Crippen LogP contribution in [0, 0.1) is 6.92 Å². The minimum Gasteiger partial charge on any atom is -0.408 e. The van der Waals surface area contributed by atoms with E-state index in [-0.39, 0.29) is 37.8 Å². The van der Waals surface area contributed by atoms with Crippen LogP contribution in [0.2, 0.25) is 18.1 Å². The van der Waals surface area contributed by atoms with Gasteiger partial charge in [-0.3, -0.25) is 13.9 Å². The molecule has 1 aliphatic heterocycles. The van der Waals surface area contributed by atoms with Crippen LogP contribution in [0.1, 0.15) is 58.4 Å². The van der Waals surface area contributed by atoms with Gasteiger partial charge in [-0.15, -0.1) is 0 Å². The van der Waals surface area contributed by atoms with Crippen molar-refractivity contribution in [3.05, 3.63) is 68.5 Å². The van der Waals surface area contributed by atoms with Crippen molar-refractivity contribution in [2.75, 3.05) is 46.4 Å². The molecule has 0 radical (unpaired) electrons. The van der Waals surface area contributed by atoms with E-state index in [0.29, 0.717) is 18.8 Å². The first-order valence-electron chi connectivity index (χ1n) is 16.8. The summed E-state index contributed by atoms with van der Waals surface area (Å²) in [7, 11) is -4.00. The second-order valence-electron chi connectivity index (χ2n) is 13.9. The Labute approximate surface area is 286 Å². The van der Waals surface area contributed by atoms with Gasteiger partial charge in [-0.25, -0.2) is 9.36 Å². The molecule has 1 fully saturated rings. The molecule has 0 N–H and O–H groups in total. The van der Waals surface area contributed by atoms with Crippen LogP contribution in [0.5, 0.6) is 0 Å². The van der Waals surface area contributed by atoms with Crippen molar-refractivity contribution in [3.8, 4) is 0 Å². The van der Waals surface area contributed by atoms with Crippen LogP contribution in [0.3, 0.4) is 0 Å². The van der Waals surface area contributed by atoms with E-state index in [9.17, 15) is 14.2 Å². The molecule has 0 bridgehead atoms. The molecule has 2 heterocycles. The normalized spacial score (nSPS) is 22.1. The first kappa shape index (κ1) is 40.5. The van der Waals surface area contributed by atoms with E-state index >= 15 is 0 Å². The number of nitrogens with zero attached hydrogens (tertiary/aromatic N) is 2. The van der Waals surface area contributed by atoms with Crippen LogP contribution < -0.4 is 11.2 Å². The van der Waals surface area contributed by atoms with Gasteiger partial charge < -0.3 is 32.6 Å². The van der Waals surface area contributed by atoms with Gasteiger partial charge in [-0.05, 0) is 44.0 Å². The summed E-state index contributed by atoms with van der Waals surface area (Å²) in [5, 5.41) is -0.172. The van der Waals surface area contributed by atoms with Gasteiger partial charge >= 0.3 is 5.69 Å². The topological polar surface area (TPSA) is 126 Å². The molecule has 2 aromatic rings. The van der Waals surface area contributed by atoms with E-state index in [0.717, 1.165) is 16.6 Å². The van der Waals surface area contributed by atoms with E-state index < -0.39 is 57.6 Å². The quantitative estimate of drug-likeness (QED) is 0.104. The summed E-state index contributed by atoms with van der Waals surface area (Å²) in [6.07, 6.45) is -1.69. The molecule has 48 heavy (non-hydrogen) atoms. The number of rotatable bonds is 19. The highest BCUT2D eigenvalue weighted by atomic mass is 31.2. The summed E-state index contributed by atoms with van der Waals surface area (Å²) in [5.74, 6) is 0. The zero-order valence-corrected chi connectivity index (χ0v) is 32.3. The monoisotopic (exact) mass is 712 g/mol. The summed E-state index contributed by atoms with van der Waals surface area (Å²) >= 11 is 0. The van der Waals surface area contributed by atoms with Crippen LogP contribution in [0.25, 0.3) is 0 Å². The lowest BCUT2D eigenvalue weighted by Crippen LogP contribution is -2.53. The van der Waals surface area contributed by atoms with Gasteiger partial charge in [0.05, 0.1) is 38.7 Å². The van der Waals surface area contributed by atoms with Crippen LogP contribution >= 0.6 is 7.37 Å². The van der Waals surface area contributed by atoms with Gasteiger partial charge in [0.15, 0.2) is 14.5 Å². The summed E-state index contributed by atoms with van der Waals surface area (Å²) < 4.78 is 59.5. The van der Waals surface area contributed by atoms with Crippen molar-refractivity contribution in [2.24, 2.45) is 0 Å². The predicted molar refractivity (Wildman–Crippen MR) is 189 cm³/mol. The highest BCUT2D eigenvalue weighted by molar-refractivity contribution is 7.58. The lowest BCUT2D eigenvalue weighted by atomic mass is 10.1. The largest absolute Gasteiger partial charge is 0.408 e. The number of methoxy groups -OCH3 is 1. The average molecular weight is 713 g/mol. The van der Waals surface area contributed by atoms with E-state index in [2.05, 4.69) is 33.9 Å². The van der Waals surface area contributed by atoms with Crippen LogP contribution in [-0.4, -0.2) is 88.2 Å². The SMILES string of the molecule is CCCO[C@H](CP(C)(=O)OCC)[C@H]1O[C@@H](n2cc(C)c(=O)n(COCc3ccccc3)c2=O)[C@H](OCCOC)[C@@H]1O[Si](C)(C)C(C)(C)C. The van der Waals surface area contributed by atoms with Gasteiger partial charge in [0.1, 0.15) is 25.0 Å². The van der Waals surface area contributed by atoms with Gasteiger partial charge in [-0.2, -0.15) is 0 Å². The van der Waals surface area contributed by atoms with Gasteiger partial charge in [0.2, 0.25) is 7.37 Å². The number of benzene rings is 1. The first-order valence-corrected chi connectivity index (χ1v) is 21.9. The molecule has 1 saturated heterocycles. The Morgan fingerprint density at radius 1 is 1.04 bits per heavy atom. The van der Waals surface area contributed by atoms with Crippen molar-refractivity contribution in [2.45, 2.75) is 110 Å². The number of hydrogen-bond donors (Lipinski definition) is 0. The van der Waals surface area contributed by atoms with Crippen LogP contribution in [-0.2, 0) is 50.5 Å². The highest BCUT2D eigenvalue weighted by Crippen LogP contribution is 2.48. The molecule has 3 rings (SSSR count). The molecular formula is C34H57N2O10PSi. The molecule has 14 heteroatoms. The third-order valence-electron chi connectivity index (χ3n) is 8.85. The first-order chi connectivity index (χ1) is 22.6. The molecule has 0 saturated carbocycles. The molecule has 6 atom stereocenters. The molecule has 1 aliphatic rings. The molecular weight excluding hydrogens is 655 g/mol. The molecule has 12 nitrogen and oxygen atoms in total. The van der Waals surface area contributed by atoms with Gasteiger partial charge in [0, 0.05) is 32.1 Å². The van der Waals surface area contributed by atoms with E-state index in [1.165, 1.54) is 10.8 Å². The molecule has 0 amide bonds. The number of aryl methyl sites for hydroxylation is 1. The van der Waals surface area contributed by atoms with Crippen molar-refractivity contribution in [1.82, 2.24) is 9.13 Å². The lowest BCUT2D eigenvalue weighted by Gasteiger charge is -2.41. The summed E-state index contributed by atoms with van der Waals surface area (Å²) in [6.45, 7) is 18.9. The van der Waals surface area contributed by atoms with Crippen LogP contribution in [0.15, 0.2) is 46.1 Å². The average Bonchev–Trinajstić information content (AvgIpc) is 3.35. The molecule has 1 aromatic heterocycles. The maximum Gasteiger partial charge on any atom is 0.335 e. The Morgan fingerprint density at radius 2 is 1.73 bits per heavy atom. The predicted octanol–water partition coefficient (Wildman–Crippen LogP) is 5.55. The molecule has 0 spiro atoms. The second kappa shape index (κ2) is 17.8. The Balaban J connectivity index is 2.14. The number of aromatic nitrogens is 2. The molecule has 272 valence electrons. The fourth-order valence-corrected chi connectivity index (χ4v) is 8.26. The van der Waals surface area contributed by atoms with Crippen LogP contribution in [0.4, 0.5) is 0 Å². The Morgan fingerprint density at radius 3 is 2.33 bits per heavy atom. The van der Waals surface area contributed by atoms with E-state index in [1.54, 1.807) is 27.6 Å². The molecule has 0 aliphatic carbocycles. The van der Waals surface area contributed by atoms with Gasteiger partial charge in [-0.1, -0.05) is 58.0 Å². The third kappa shape index (κ3) is 10.5. The van der Waals surface area contributed by atoms with Crippen molar-refractivity contribution < 1.29 is 37.2 Å². The Bertz CT molecular complexity index is 1460. The third-order valence-corrected chi connectivity index (χ3v) is 15.2. The minimum atomic E-state index is -3.10. The Hall–Kier alpha value is -1.93. The zero-order valence-electron chi connectivity index (χ0n) is 30.4. The smallest absolute Gasteiger partial charge is 0.335 e. The van der Waals surface area contributed by atoms with Crippen molar-refractivity contribution in [3.63, 3.8) is 0 Å². The highest BCUT2D eigenvalue weighted by Gasteiger charge is 2.55. The summed E-state index contributed by atoms with van der Waals surface area (Å²) in [6, 6.07) is 9.52. The van der Waals surface area contributed by atoms with Crippen molar-refractivity contribution >= 4 is 15.7 Å². The number of ether oxygens (including phenoxy) is 5. The standard InChI is InChI=1S/C34H57N2O10PSi/c1-11-18-42-27(23-47(8,39)44-12-2)28-29(46-48(9,10)34(4,5)6)30(43-20-19-40-7)32(45-28)35-21-25(3)31(37)36(33(35)38)24-41-22-26-16-14-13-15-17-26/h13-17,21,27-30,32H,11-12,18-20,22-24H2,1-10H3/t27-,28-,29-,30-,32-,47?/m1/s1. The maximum atomic E-state index is 14.1. The van der Waals surface area contributed by atoms with Gasteiger partial charge in [0.25, 0.3) is 5.56 Å².